The van der Waals surface area contributed by atoms with E-state index < -0.39 is 5.97 Å². The van der Waals surface area contributed by atoms with Crippen LogP contribution >= 0.6 is 0 Å². The summed E-state index contributed by atoms with van der Waals surface area (Å²) in [6.45, 7) is 2.92. The Morgan fingerprint density at radius 3 is 2.13 bits per heavy atom. The van der Waals surface area contributed by atoms with Crippen molar-refractivity contribution in [2.45, 2.75) is 90.3 Å². The molecule has 1 unspecified atom stereocenters. The second kappa shape index (κ2) is 13.8. The van der Waals surface area contributed by atoms with Crippen LogP contribution in [0, 0.1) is 5.92 Å². The topological polar surface area (TPSA) is 65.0 Å². The van der Waals surface area contributed by atoms with Gasteiger partial charge in [-0.15, -0.1) is 0 Å². The van der Waals surface area contributed by atoms with Gasteiger partial charge in [-0.25, -0.2) is 0 Å². The van der Waals surface area contributed by atoms with Gasteiger partial charge in [0.2, 0.25) is 0 Å². The van der Waals surface area contributed by atoms with E-state index in [1.165, 1.54) is 38.5 Å². The van der Waals surface area contributed by atoms with E-state index in [9.17, 15) is 4.79 Å². The molecule has 0 saturated carbocycles. The van der Waals surface area contributed by atoms with Gasteiger partial charge in [-0.2, -0.15) is 0 Å². The third kappa shape index (κ3) is 10.7. The van der Waals surface area contributed by atoms with Crippen molar-refractivity contribution in [3.8, 4) is 0 Å². The molecule has 1 aliphatic rings. The molecule has 1 fully saturated rings. The number of carbonyl (C=O) groups is 1. The molecule has 0 amide bonds. The third-order valence-corrected chi connectivity index (χ3v) is 4.41. The first-order valence-corrected chi connectivity index (χ1v) is 9.26. The third-order valence-electron chi connectivity index (χ3n) is 4.41. The van der Waals surface area contributed by atoms with Gasteiger partial charge in [0, 0.05) is 12.3 Å². The summed E-state index contributed by atoms with van der Waals surface area (Å²) in [4.78, 5) is 10.4. The standard InChI is InChI=1S/C18H34O5/c1-2-3-11-16(18-22-14-21-15-23-18)12-9-7-5-4-6-8-10-13-17(19)20/h16,18H,2-15H2,1H3,(H,19,20). The maximum atomic E-state index is 10.4. The average molecular weight is 330 g/mol. The molecule has 5 nitrogen and oxygen atoms in total. The molecule has 0 aromatic heterocycles. The SMILES string of the molecule is CCCCC(CCCCCCCCCC(=O)O)C1OCOCO1. The van der Waals surface area contributed by atoms with Gasteiger partial charge in [-0.05, 0) is 19.3 Å². The molecule has 1 saturated heterocycles. The Morgan fingerprint density at radius 1 is 0.957 bits per heavy atom. The molecule has 23 heavy (non-hydrogen) atoms. The lowest BCUT2D eigenvalue weighted by molar-refractivity contribution is -0.315. The van der Waals surface area contributed by atoms with Gasteiger partial charge in [0.05, 0.1) is 0 Å². The predicted octanol–water partition coefficient (Wildman–Crippen LogP) is 4.69. The fraction of sp³-hybridized carbons (Fsp3) is 0.944. The summed E-state index contributed by atoms with van der Waals surface area (Å²) in [7, 11) is 0. The van der Waals surface area contributed by atoms with E-state index >= 15 is 0 Å². The smallest absolute Gasteiger partial charge is 0.303 e. The lowest BCUT2D eigenvalue weighted by Crippen LogP contribution is -2.33. The van der Waals surface area contributed by atoms with E-state index in [2.05, 4.69) is 6.92 Å². The van der Waals surface area contributed by atoms with Gasteiger partial charge >= 0.3 is 5.97 Å². The van der Waals surface area contributed by atoms with Crippen molar-refractivity contribution in [3.63, 3.8) is 0 Å². The highest BCUT2D eigenvalue weighted by molar-refractivity contribution is 5.66. The van der Waals surface area contributed by atoms with Gasteiger partial charge < -0.3 is 19.3 Å². The van der Waals surface area contributed by atoms with Crippen molar-refractivity contribution in [1.29, 1.82) is 0 Å². The number of hydrogen-bond acceptors (Lipinski definition) is 4. The van der Waals surface area contributed by atoms with E-state index in [-0.39, 0.29) is 6.29 Å². The Bertz CT molecular complexity index is 289. The Labute approximate surface area is 140 Å². The van der Waals surface area contributed by atoms with E-state index in [1.54, 1.807) is 0 Å². The minimum Gasteiger partial charge on any atom is -0.481 e. The molecule has 5 heteroatoms. The van der Waals surface area contributed by atoms with Gasteiger partial charge in [0.15, 0.2) is 19.9 Å². The Hall–Kier alpha value is -0.650. The maximum absolute atomic E-state index is 10.4. The van der Waals surface area contributed by atoms with E-state index in [1.807, 2.05) is 0 Å². The quantitative estimate of drug-likeness (QED) is 0.468. The number of carboxylic acids is 1. The van der Waals surface area contributed by atoms with Crippen LogP contribution in [0.2, 0.25) is 0 Å². The largest absolute Gasteiger partial charge is 0.481 e. The number of ether oxygens (including phenoxy) is 3. The van der Waals surface area contributed by atoms with Crippen molar-refractivity contribution >= 4 is 5.97 Å². The molecule has 0 radical (unpaired) electrons. The minimum absolute atomic E-state index is 0.0914. The number of carboxylic acid groups (broad SMARTS) is 1. The maximum Gasteiger partial charge on any atom is 0.303 e. The average Bonchev–Trinajstić information content (AvgIpc) is 2.56. The zero-order valence-electron chi connectivity index (χ0n) is 14.6. The van der Waals surface area contributed by atoms with Gasteiger partial charge in [-0.1, -0.05) is 58.3 Å². The van der Waals surface area contributed by atoms with Crippen molar-refractivity contribution in [1.82, 2.24) is 0 Å². The molecule has 0 aromatic carbocycles. The summed E-state index contributed by atoms with van der Waals surface area (Å²) in [5.41, 5.74) is 0. The van der Waals surface area contributed by atoms with Gasteiger partial charge in [0.25, 0.3) is 0 Å². The van der Waals surface area contributed by atoms with Crippen molar-refractivity contribution in [2.24, 2.45) is 5.92 Å². The number of hydrogen-bond donors (Lipinski definition) is 1. The van der Waals surface area contributed by atoms with E-state index in [4.69, 9.17) is 19.3 Å². The summed E-state index contributed by atoms with van der Waals surface area (Å²) >= 11 is 0. The minimum atomic E-state index is -0.680. The molecular formula is C18H34O5. The number of unbranched alkanes of at least 4 members (excludes halogenated alkanes) is 7. The van der Waals surface area contributed by atoms with Crippen LogP contribution in [0.5, 0.6) is 0 Å². The highest BCUT2D eigenvalue weighted by Gasteiger charge is 2.24. The monoisotopic (exact) mass is 330 g/mol. The van der Waals surface area contributed by atoms with Crippen LogP contribution in [0.3, 0.4) is 0 Å². The first-order valence-electron chi connectivity index (χ1n) is 9.26. The Morgan fingerprint density at radius 2 is 1.52 bits per heavy atom. The van der Waals surface area contributed by atoms with E-state index in [0.717, 1.165) is 32.1 Å². The molecule has 136 valence electrons. The molecule has 1 atom stereocenters. The lowest BCUT2D eigenvalue weighted by Gasteiger charge is -2.30. The lowest BCUT2D eigenvalue weighted by atomic mass is 9.94. The normalized spacial score (nSPS) is 17.3. The predicted molar refractivity (Wildman–Crippen MR) is 89.0 cm³/mol. The summed E-state index contributed by atoms with van der Waals surface area (Å²) in [6, 6.07) is 0. The van der Waals surface area contributed by atoms with Crippen molar-refractivity contribution in [3.05, 3.63) is 0 Å². The number of aliphatic carboxylic acids is 1. The molecule has 0 aliphatic carbocycles. The molecule has 1 rings (SSSR count). The van der Waals surface area contributed by atoms with Crippen molar-refractivity contribution in [2.75, 3.05) is 13.6 Å². The van der Waals surface area contributed by atoms with Crippen LogP contribution in [-0.2, 0) is 19.0 Å². The number of rotatable bonds is 14. The highest BCUT2D eigenvalue weighted by atomic mass is 16.8. The van der Waals surface area contributed by atoms with Crippen LogP contribution in [-0.4, -0.2) is 31.0 Å². The van der Waals surface area contributed by atoms with Crippen LogP contribution in [0.4, 0.5) is 0 Å². The Balaban J connectivity index is 2.04. The summed E-state index contributed by atoms with van der Waals surface area (Å²) in [5, 5.41) is 8.58. The molecular weight excluding hydrogens is 296 g/mol. The highest BCUT2D eigenvalue weighted by Crippen LogP contribution is 2.25. The second-order valence-electron chi connectivity index (χ2n) is 6.45. The summed E-state index contributed by atoms with van der Waals surface area (Å²) in [6.07, 6.45) is 12.9. The first-order chi connectivity index (χ1) is 11.2. The fourth-order valence-electron chi connectivity index (χ4n) is 3.03. The van der Waals surface area contributed by atoms with Gasteiger partial charge in [0.1, 0.15) is 0 Å². The van der Waals surface area contributed by atoms with Crippen LogP contribution in [0.1, 0.15) is 84.0 Å². The molecule has 1 N–H and O–H groups in total. The second-order valence-corrected chi connectivity index (χ2v) is 6.45. The van der Waals surface area contributed by atoms with E-state index in [0.29, 0.717) is 25.9 Å². The summed E-state index contributed by atoms with van der Waals surface area (Å²) < 4.78 is 16.3. The zero-order valence-corrected chi connectivity index (χ0v) is 14.6. The van der Waals surface area contributed by atoms with Crippen LogP contribution < -0.4 is 0 Å². The van der Waals surface area contributed by atoms with Crippen LogP contribution in [0.15, 0.2) is 0 Å². The molecule has 0 bridgehead atoms. The fourth-order valence-corrected chi connectivity index (χ4v) is 3.03. The van der Waals surface area contributed by atoms with Crippen molar-refractivity contribution < 1.29 is 24.1 Å². The van der Waals surface area contributed by atoms with Crippen LogP contribution in [0.25, 0.3) is 0 Å². The molecule has 0 spiro atoms. The molecule has 1 heterocycles. The Kier molecular flexibility index (Phi) is 12.2. The molecule has 1 aliphatic heterocycles. The van der Waals surface area contributed by atoms with Gasteiger partial charge in [-0.3, -0.25) is 4.79 Å². The zero-order chi connectivity index (χ0) is 16.8. The summed E-state index contributed by atoms with van der Waals surface area (Å²) in [5.74, 6) is -0.199. The molecule has 0 aromatic rings. The first kappa shape index (κ1) is 20.4.